The molecule has 0 aromatic heterocycles. The van der Waals surface area contributed by atoms with E-state index in [-0.39, 0.29) is 0 Å². The zero-order chi connectivity index (χ0) is 15.4. The van der Waals surface area contributed by atoms with Crippen LogP contribution >= 0.6 is 0 Å². The van der Waals surface area contributed by atoms with Gasteiger partial charge in [0.15, 0.2) is 0 Å². The van der Waals surface area contributed by atoms with E-state index in [0.29, 0.717) is 10.8 Å². The molecule has 0 fully saturated rings. The Labute approximate surface area is 123 Å². The van der Waals surface area contributed by atoms with Crippen LogP contribution in [0, 0.1) is 34.5 Å². The molecular weight excluding hydrogens is 228 g/mol. The summed E-state index contributed by atoms with van der Waals surface area (Å²) < 4.78 is 0. The molecule has 0 rings (SSSR count). The van der Waals surface area contributed by atoms with Gasteiger partial charge in [0.1, 0.15) is 0 Å². The fourth-order valence-electron chi connectivity index (χ4n) is 3.98. The molecule has 0 saturated carbocycles. The third kappa shape index (κ3) is 6.32. The lowest BCUT2D eigenvalue weighted by atomic mass is 9.59. The molecule has 0 nitrogen and oxygen atoms in total. The maximum Gasteiger partial charge on any atom is -0.0306 e. The monoisotopic (exact) mass is 268 g/mol. The van der Waals surface area contributed by atoms with Crippen molar-refractivity contribution in [1.82, 2.24) is 0 Å². The lowest BCUT2D eigenvalue weighted by Gasteiger charge is -2.46. The Bertz CT molecular complexity index is 232. The molecule has 0 aliphatic carbocycles. The van der Waals surface area contributed by atoms with Gasteiger partial charge in [0.25, 0.3) is 0 Å². The van der Waals surface area contributed by atoms with Gasteiger partial charge in [0.2, 0.25) is 0 Å². The van der Waals surface area contributed by atoms with Crippen molar-refractivity contribution in [2.75, 3.05) is 0 Å². The van der Waals surface area contributed by atoms with E-state index in [9.17, 15) is 0 Å². The molecule has 0 aromatic carbocycles. The Morgan fingerprint density at radius 3 is 1.42 bits per heavy atom. The Kier molecular flexibility index (Phi) is 7.14. The lowest BCUT2D eigenvalue weighted by molar-refractivity contribution is 0.0330. The summed E-state index contributed by atoms with van der Waals surface area (Å²) in [7, 11) is 0. The van der Waals surface area contributed by atoms with E-state index >= 15 is 0 Å². The van der Waals surface area contributed by atoms with Gasteiger partial charge in [-0.15, -0.1) is 0 Å². The first-order chi connectivity index (χ1) is 8.44. The third-order valence-electron chi connectivity index (χ3n) is 4.72. The normalized spacial score (nSPS) is 17.1. The molecule has 0 aliphatic heterocycles. The second-order valence-electron chi connectivity index (χ2n) is 9.14. The minimum atomic E-state index is 0.414. The zero-order valence-electron chi connectivity index (χ0n) is 15.4. The van der Waals surface area contributed by atoms with Gasteiger partial charge in [-0.3, -0.25) is 0 Å². The maximum atomic E-state index is 2.45. The van der Waals surface area contributed by atoms with Gasteiger partial charge in [0.05, 0.1) is 0 Å². The van der Waals surface area contributed by atoms with Crippen LogP contribution in [0.5, 0.6) is 0 Å². The highest BCUT2D eigenvalue weighted by atomic mass is 14.4. The molecule has 0 heteroatoms. The van der Waals surface area contributed by atoms with Gasteiger partial charge in [-0.25, -0.2) is 0 Å². The summed E-state index contributed by atoms with van der Waals surface area (Å²) in [6.45, 7) is 24.2. The van der Waals surface area contributed by atoms with Crippen molar-refractivity contribution < 1.29 is 0 Å². The van der Waals surface area contributed by atoms with E-state index < -0.39 is 0 Å². The van der Waals surface area contributed by atoms with E-state index in [1.165, 1.54) is 19.3 Å². The summed E-state index contributed by atoms with van der Waals surface area (Å²) in [6, 6.07) is 0. The first-order valence-electron chi connectivity index (χ1n) is 8.44. The van der Waals surface area contributed by atoms with Crippen LogP contribution in [0.4, 0.5) is 0 Å². The second kappa shape index (κ2) is 7.14. The van der Waals surface area contributed by atoms with Gasteiger partial charge in [-0.2, -0.15) is 0 Å². The van der Waals surface area contributed by atoms with Crippen LogP contribution in [0.2, 0.25) is 0 Å². The fourth-order valence-corrected chi connectivity index (χ4v) is 3.98. The Balaban J connectivity index is 5.38. The van der Waals surface area contributed by atoms with Gasteiger partial charge in [-0.05, 0) is 40.9 Å². The van der Waals surface area contributed by atoms with E-state index in [4.69, 9.17) is 0 Å². The molecular formula is C19H40. The van der Waals surface area contributed by atoms with E-state index in [1.54, 1.807) is 0 Å². The van der Waals surface area contributed by atoms with Gasteiger partial charge >= 0.3 is 0 Å². The summed E-state index contributed by atoms with van der Waals surface area (Å²) >= 11 is 0. The van der Waals surface area contributed by atoms with Crippen molar-refractivity contribution in [2.24, 2.45) is 34.5 Å². The molecule has 116 valence electrons. The topological polar surface area (TPSA) is 0 Å². The van der Waals surface area contributed by atoms with Crippen molar-refractivity contribution in [1.29, 1.82) is 0 Å². The Hall–Kier alpha value is 0. The van der Waals surface area contributed by atoms with Crippen LogP contribution in [0.25, 0.3) is 0 Å². The van der Waals surface area contributed by atoms with Crippen LogP contribution in [-0.2, 0) is 0 Å². The third-order valence-corrected chi connectivity index (χ3v) is 4.72. The van der Waals surface area contributed by atoms with Crippen molar-refractivity contribution in [3.8, 4) is 0 Å². The smallest absolute Gasteiger partial charge is 0.0306 e. The highest BCUT2D eigenvalue weighted by Crippen LogP contribution is 2.47. The molecule has 0 aliphatic rings. The van der Waals surface area contributed by atoms with Gasteiger partial charge < -0.3 is 0 Å². The summed E-state index contributed by atoms with van der Waals surface area (Å²) in [5, 5.41) is 0. The first kappa shape index (κ1) is 19.0. The highest BCUT2D eigenvalue weighted by molar-refractivity contribution is 4.88. The molecule has 0 amide bonds. The average Bonchev–Trinajstić information content (AvgIpc) is 2.19. The predicted molar refractivity (Wildman–Crippen MR) is 89.4 cm³/mol. The second-order valence-corrected chi connectivity index (χ2v) is 9.14. The number of rotatable bonds is 6. The summed E-state index contributed by atoms with van der Waals surface area (Å²) in [4.78, 5) is 0. The molecule has 0 spiro atoms. The van der Waals surface area contributed by atoms with Crippen LogP contribution in [0.3, 0.4) is 0 Å². The lowest BCUT2D eigenvalue weighted by Crippen LogP contribution is -2.38. The zero-order valence-corrected chi connectivity index (χ0v) is 15.4. The quantitative estimate of drug-likeness (QED) is 0.497. The van der Waals surface area contributed by atoms with E-state index in [2.05, 4.69) is 69.2 Å². The molecule has 0 saturated heterocycles. The molecule has 19 heavy (non-hydrogen) atoms. The van der Waals surface area contributed by atoms with Gasteiger partial charge in [0, 0.05) is 0 Å². The number of hydrogen-bond donors (Lipinski definition) is 0. The van der Waals surface area contributed by atoms with Crippen LogP contribution in [-0.4, -0.2) is 0 Å². The molecule has 2 atom stereocenters. The number of hydrogen-bond acceptors (Lipinski definition) is 0. The fraction of sp³-hybridized carbons (Fsp3) is 1.00. The molecule has 0 aromatic rings. The molecule has 0 heterocycles. The van der Waals surface area contributed by atoms with Crippen LogP contribution in [0.15, 0.2) is 0 Å². The summed E-state index contributed by atoms with van der Waals surface area (Å²) in [6.07, 6.45) is 4.00. The van der Waals surface area contributed by atoms with Gasteiger partial charge in [-0.1, -0.05) is 82.1 Å². The first-order valence-corrected chi connectivity index (χ1v) is 8.44. The van der Waals surface area contributed by atoms with E-state index in [1.807, 2.05) is 0 Å². The van der Waals surface area contributed by atoms with Crippen molar-refractivity contribution >= 4 is 0 Å². The predicted octanol–water partition coefficient (Wildman–Crippen LogP) is 6.79. The average molecular weight is 269 g/mol. The minimum Gasteiger partial charge on any atom is -0.0651 e. The van der Waals surface area contributed by atoms with Crippen LogP contribution < -0.4 is 0 Å². The Morgan fingerprint density at radius 1 is 0.789 bits per heavy atom. The van der Waals surface area contributed by atoms with Crippen LogP contribution in [0.1, 0.15) is 88.5 Å². The van der Waals surface area contributed by atoms with E-state index in [0.717, 1.165) is 23.7 Å². The standard InChI is InChI=1S/C19H40/c1-11-15(12-2)17(19(8,9)10)16(14(3)4)13-18(5,6)7/h14-17H,11-13H2,1-10H3. The highest BCUT2D eigenvalue weighted by Gasteiger charge is 2.39. The van der Waals surface area contributed by atoms with Crippen molar-refractivity contribution in [2.45, 2.75) is 88.5 Å². The molecule has 2 unspecified atom stereocenters. The van der Waals surface area contributed by atoms with Crippen molar-refractivity contribution in [3.05, 3.63) is 0 Å². The Morgan fingerprint density at radius 2 is 1.21 bits per heavy atom. The summed E-state index contributed by atoms with van der Waals surface area (Å²) in [5.41, 5.74) is 0.849. The summed E-state index contributed by atoms with van der Waals surface area (Å²) in [5.74, 6) is 3.32. The largest absolute Gasteiger partial charge is 0.0651 e. The molecule has 0 bridgehead atoms. The minimum absolute atomic E-state index is 0.414. The van der Waals surface area contributed by atoms with Crippen molar-refractivity contribution in [3.63, 3.8) is 0 Å². The SMILES string of the molecule is CCC(CC)C(C(CC(C)(C)C)C(C)C)C(C)(C)C. The molecule has 0 N–H and O–H groups in total. The molecule has 0 radical (unpaired) electrons. The maximum absolute atomic E-state index is 2.45.